The van der Waals surface area contributed by atoms with Crippen LogP contribution in [-0.2, 0) is 19.1 Å². The minimum Gasteiger partial charge on any atom is -0.458 e. The third kappa shape index (κ3) is 6.42. The van der Waals surface area contributed by atoms with Crippen LogP contribution in [0.15, 0.2) is 12.7 Å². The average molecular weight is 256 g/mol. The van der Waals surface area contributed by atoms with Crippen LogP contribution in [0.2, 0.25) is 0 Å². The number of carbonyl (C=O) groups excluding carboxylic acids is 2. The molecular formula is C14H24O4. The van der Waals surface area contributed by atoms with E-state index in [0.717, 1.165) is 6.42 Å². The average Bonchev–Trinajstić information content (AvgIpc) is 2.21. The largest absolute Gasteiger partial charge is 0.458 e. The van der Waals surface area contributed by atoms with Crippen LogP contribution >= 0.6 is 0 Å². The number of rotatable bonds is 7. The van der Waals surface area contributed by atoms with Crippen molar-refractivity contribution in [3.05, 3.63) is 12.7 Å². The molecule has 104 valence electrons. The van der Waals surface area contributed by atoms with E-state index in [1.807, 2.05) is 13.0 Å². The molecule has 0 rings (SSSR count). The van der Waals surface area contributed by atoms with Crippen molar-refractivity contribution >= 4 is 11.9 Å². The van der Waals surface area contributed by atoms with Gasteiger partial charge in [0.2, 0.25) is 0 Å². The molecule has 0 saturated heterocycles. The Kier molecular flexibility index (Phi) is 6.66. The van der Waals surface area contributed by atoms with E-state index in [1.165, 1.54) is 13.8 Å². The first-order valence-electron chi connectivity index (χ1n) is 6.18. The van der Waals surface area contributed by atoms with E-state index < -0.39 is 11.7 Å². The van der Waals surface area contributed by atoms with Crippen LogP contribution in [0.1, 0.15) is 47.5 Å². The first-order chi connectivity index (χ1) is 8.19. The second-order valence-electron chi connectivity index (χ2n) is 5.09. The van der Waals surface area contributed by atoms with Crippen LogP contribution in [0.25, 0.3) is 0 Å². The molecule has 0 aliphatic heterocycles. The van der Waals surface area contributed by atoms with Crippen molar-refractivity contribution in [1.29, 1.82) is 0 Å². The summed E-state index contributed by atoms with van der Waals surface area (Å²) in [6.45, 7) is 12.0. The van der Waals surface area contributed by atoms with Gasteiger partial charge in [0, 0.05) is 13.8 Å². The number of ether oxygens (including phenoxy) is 2. The molecule has 2 atom stereocenters. The lowest BCUT2D eigenvalue weighted by Crippen LogP contribution is -2.43. The van der Waals surface area contributed by atoms with Crippen LogP contribution < -0.4 is 0 Å². The van der Waals surface area contributed by atoms with Crippen molar-refractivity contribution in [1.82, 2.24) is 0 Å². The summed E-state index contributed by atoms with van der Waals surface area (Å²) in [6.07, 6.45) is 2.87. The van der Waals surface area contributed by atoms with Crippen molar-refractivity contribution in [3.63, 3.8) is 0 Å². The lowest BCUT2D eigenvalue weighted by Gasteiger charge is -2.33. The topological polar surface area (TPSA) is 52.6 Å². The Morgan fingerprint density at radius 1 is 1.22 bits per heavy atom. The molecule has 0 radical (unpaired) electrons. The SMILES string of the molecule is C=C[C@@H](C)CC[C@@H](OC(C)=O)C(C)(C)OC(C)=O. The normalized spacial score (nSPS) is 14.5. The third-order valence-corrected chi connectivity index (χ3v) is 2.78. The Morgan fingerprint density at radius 2 is 1.78 bits per heavy atom. The zero-order chi connectivity index (χ0) is 14.3. The Labute approximate surface area is 109 Å². The number of hydrogen-bond donors (Lipinski definition) is 0. The molecule has 0 saturated carbocycles. The first-order valence-corrected chi connectivity index (χ1v) is 6.18. The van der Waals surface area contributed by atoms with Gasteiger partial charge < -0.3 is 9.47 Å². The van der Waals surface area contributed by atoms with Crippen molar-refractivity contribution in [2.45, 2.75) is 59.2 Å². The van der Waals surface area contributed by atoms with Crippen LogP contribution in [0, 0.1) is 5.92 Å². The maximum atomic E-state index is 11.1. The van der Waals surface area contributed by atoms with Crippen LogP contribution in [0.4, 0.5) is 0 Å². The van der Waals surface area contributed by atoms with E-state index in [0.29, 0.717) is 12.3 Å². The molecule has 0 amide bonds. The van der Waals surface area contributed by atoms with Crippen molar-refractivity contribution in [2.75, 3.05) is 0 Å². The molecular weight excluding hydrogens is 232 g/mol. The maximum Gasteiger partial charge on any atom is 0.303 e. The summed E-state index contributed by atoms with van der Waals surface area (Å²) in [5.41, 5.74) is -0.821. The summed E-state index contributed by atoms with van der Waals surface area (Å²) in [5, 5.41) is 0. The number of allylic oxidation sites excluding steroid dienone is 1. The Balaban J connectivity index is 4.69. The second kappa shape index (κ2) is 7.19. The zero-order valence-electron chi connectivity index (χ0n) is 12.0. The van der Waals surface area contributed by atoms with Gasteiger partial charge in [0.1, 0.15) is 11.7 Å². The molecule has 0 fully saturated rings. The van der Waals surface area contributed by atoms with Gasteiger partial charge in [0.25, 0.3) is 0 Å². The summed E-state index contributed by atoms with van der Waals surface area (Å²) in [4.78, 5) is 22.2. The first kappa shape index (κ1) is 16.7. The number of esters is 2. The molecule has 0 aromatic rings. The summed E-state index contributed by atoms with van der Waals surface area (Å²) in [5.74, 6) is -0.420. The Hall–Kier alpha value is -1.32. The molecule has 0 aliphatic rings. The fourth-order valence-electron chi connectivity index (χ4n) is 1.72. The predicted molar refractivity (Wildman–Crippen MR) is 70.0 cm³/mol. The molecule has 0 unspecified atom stereocenters. The molecule has 0 N–H and O–H groups in total. The van der Waals surface area contributed by atoms with E-state index >= 15 is 0 Å². The second-order valence-corrected chi connectivity index (χ2v) is 5.09. The van der Waals surface area contributed by atoms with E-state index in [1.54, 1.807) is 13.8 Å². The fourth-order valence-corrected chi connectivity index (χ4v) is 1.72. The highest BCUT2D eigenvalue weighted by Gasteiger charge is 2.35. The molecule has 0 heterocycles. The van der Waals surface area contributed by atoms with E-state index in [2.05, 4.69) is 6.58 Å². The highest BCUT2D eigenvalue weighted by molar-refractivity contribution is 5.67. The number of carbonyl (C=O) groups is 2. The zero-order valence-corrected chi connectivity index (χ0v) is 12.0. The van der Waals surface area contributed by atoms with Gasteiger partial charge in [-0.15, -0.1) is 6.58 Å². The Bertz CT molecular complexity index is 307. The maximum absolute atomic E-state index is 11.1. The molecule has 0 bridgehead atoms. The smallest absolute Gasteiger partial charge is 0.303 e. The van der Waals surface area contributed by atoms with Gasteiger partial charge in [-0.3, -0.25) is 9.59 Å². The molecule has 0 aliphatic carbocycles. The molecule has 0 spiro atoms. The minimum absolute atomic E-state index is 0.330. The fraction of sp³-hybridized carbons (Fsp3) is 0.714. The van der Waals surface area contributed by atoms with Gasteiger partial charge in [-0.05, 0) is 32.6 Å². The van der Waals surface area contributed by atoms with E-state index in [-0.39, 0.29) is 11.9 Å². The van der Waals surface area contributed by atoms with Gasteiger partial charge >= 0.3 is 11.9 Å². The van der Waals surface area contributed by atoms with Crippen LogP contribution in [0.3, 0.4) is 0 Å². The van der Waals surface area contributed by atoms with Gasteiger partial charge in [-0.1, -0.05) is 13.0 Å². The predicted octanol–water partition coefficient (Wildman–Crippen LogP) is 2.86. The van der Waals surface area contributed by atoms with Crippen molar-refractivity contribution in [2.24, 2.45) is 5.92 Å². The molecule has 0 aromatic heterocycles. The lowest BCUT2D eigenvalue weighted by atomic mass is 9.93. The van der Waals surface area contributed by atoms with Crippen LogP contribution in [0.5, 0.6) is 0 Å². The van der Waals surface area contributed by atoms with E-state index in [4.69, 9.17) is 9.47 Å². The van der Waals surface area contributed by atoms with Gasteiger partial charge in [-0.2, -0.15) is 0 Å². The molecule has 0 aromatic carbocycles. The lowest BCUT2D eigenvalue weighted by molar-refractivity contribution is -0.179. The molecule has 18 heavy (non-hydrogen) atoms. The quantitative estimate of drug-likeness (QED) is 0.519. The van der Waals surface area contributed by atoms with Crippen LogP contribution in [-0.4, -0.2) is 23.6 Å². The van der Waals surface area contributed by atoms with Gasteiger partial charge in [-0.25, -0.2) is 0 Å². The summed E-state index contributed by atoms with van der Waals surface area (Å²) < 4.78 is 10.5. The standard InChI is InChI=1S/C14H24O4/c1-7-10(2)8-9-13(17-11(3)15)14(5,6)18-12(4)16/h7,10,13H,1,8-9H2,2-6H3/t10-,13-/m1/s1. The van der Waals surface area contributed by atoms with Crippen molar-refractivity contribution < 1.29 is 19.1 Å². The highest BCUT2D eigenvalue weighted by atomic mass is 16.6. The van der Waals surface area contributed by atoms with Gasteiger partial charge in [0.15, 0.2) is 0 Å². The monoisotopic (exact) mass is 256 g/mol. The molecule has 4 heteroatoms. The van der Waals surface area contributed by atoms with Gasteiger partial charge in [0.05, 0.1) is 0 Å². The molecule has 4 nitrogen and oxygen atoms in total. The minimum atomic E-state index is -0.821. The van der Waals surface area contributed by atoms with E-state index in [9.17, 15) is 9.59 Å². The number of hydrogen-bond acceptors (Lipinski definition) is 4. The summed E-state index contributed by atoms with van der Waals surface area (Å²) >= 11 is 0. The summed E-state index contributed by atoms with van der Waals surface area (Å²) in [7, 11) is 0. The third-order valence-electron chi connectivity index (χ3n) is 2.78. The Morgan fingerprint density at radius 3 is 2.17 bits per heavy atom. The van der Waals surface area contributed by atoms with Crippen molar-refractivity contribution in [3.8, 4) is 0 Å². The summed E-state index contributed by atoms with van der Waals surface area (Å²) in [6, 6.07) is 0. The highest BCUT2D eigenvalue weighted by Crippen LogP contribution is 2.24.